The molecule has 6 rings (SSSR count). The second kappa shape index (κ2) is 17.0. The van der Waals surface area contributed by atoms with Crippen molar-refractivity contribution in [1.82, 2.24) is 35.2 Å². The zero-order valence-corrected chi connectivity index (χ0v) is 29.4. The first kappa shape index (κ1) is 37.0. The third-order valence-corrected chi connectivity index (χ3v) is 8.20. The maximum absolute atomic E-state index is 11.9. The van der Waals surface area contributed by atoms with E-state index in [1.165, 1.54) is 0 Å². The lowest BCUT2D eigenvalue weighted by Gasteiger charge is -2.21. The van der Waals surface area contributed by atoms with Gasteiger partial charge in [-0.1, -0.05) is 23.2 Å². The average molecular weight is 716 g/mol. The monoisotopic (exact) mass is 714 g/mol. The summed E-state index contributed by atoms with van der Waals surface area (Å²) in [6, 6.07) is 8.39. The van der Waals surface area contributed by atoms with E-state index in [1.807, 2.05) is 45.0 Å². The molecular formula is C33H41Cl3N10O2. The molecule has 4 aromatic rings. The molecule has 0 radical (unpaired) electrons. The number of ether oxygens (including phenoxy) is 1. The molecule has 0 unspecified atom stereocenters. The van der Waals surface area contributed by atoms with Gasteiger partial charge in [0.15, 0.2) is 0 Å². The van der Waals surface area contributed by atoms with Gasteiger partial charge in [-0.05, 0) is 83.6 Å². The number of amides is 1. The van der Waals surface area contributed by atoms with Crippen molar-refractivity contribution in [3.63, 3.8) is 0 Å². The number of nitrogens with zero attached hydrogens (tertiary/aromatic N) is 6. The molecule has 0 saturated heterocycles. The highest BCUT2D eigenvalue weighted by atomic mass is 35.5. The Kier molecular flexibility index (Phi) is 13.1. The van der Waals surface area contributed by atoms with Gasteiger partial charge in [0, 0.05) is 60.1 Å². The Morgan fingerprint density at radius 3 is 1.75 bits per heavy atom. The van der Waals surface area contributed by atoms with Crippen LogP contribution in [0.1, 0.15) is 59.3 Å². The summed E-state index contributed by atoms with van der Waals surface area (Å²) in [5.74, 6) is 1.11. The molecule has 2 aliphatic carbocycles. The standard InChI is InChI=1S/C19H24ClN5O2.C14H16ClN5.ClH/c1-19(2,3)27-18(26)24-14-7-6-13(9-14)23-17-22-11-15(20)16(25-17)12-5-4-8-21-10-12;15-12-8-18-14(19-11-4-3-10(16)6-11)20-13(12)9-2-1-5-17-7-9;/h4-5,8,10-11,13-14H,6-7,9H2,1-3H3,(H,24,26)(H,22,23,25);1-2,5,7-8,10-11H,3-4,6,16H2,(H,18,19,20);1H/t13-,14+;10-,11+;/m01./s1. The van der Waals surface area contributed by atoms with Crippen molar-refractivity contribution < 1.29 is 9.53 Å². The zero-order valence-electron chi connectivity index (χ0n) is 27.1. The highest BCUT2D eigenvalue weighted by Gasteiger charge is 2.28. The Labute approximate surface area is 296 Å². The summed E-state index contributed by atoms with van der Waals surface area (Å²) in [5, 5.41) is 10.6. The van der Waals surface area contributed by atoms with E-state index in [4.69, 9.17) is 33.7 Å². The summed E-state index contributed by atoms with van der Waals surface area (Å²) < 4.78 is 5.32. The summed E-state index contributed by atoms with van der Waals surface area (Å²) in [5.41, 5.74) is 8.47. The lowest BCUT2D eigenvalue weighted by Crippen LogP contribution is -2.38. The maximum Gasteiger partial charge on any atom is 0.407 e. The third kappa shape index (κ3) is 10.8. The summed E-state index contributed by atoms with van der Waals surface area (Å²) in [6.45, 7) is 5.55. The van der Waals surface area contributed by atoms with Gasteiger partial charge in [0.1, 0.15) is 5.60 Å². The highest BCUT2D eigenvalue weighted by Crippen LogP contribution is 2.29. The van der Waals surface area contributed by atoms with E-state index < -0.39 is 5.60 Å². The second-order valence-corrected chi connectivity index (χ2v) is 13.5. The van der Waals surface area contributed by atoms with Crippen LogP contribution in [0.4, 0.5) is 16.7 Å². The van der Waals surface area contributed by atoms with Gasteiger partial charge >= 0.3 is 6.09 Å². The van der Waals surface area contributed by atoms with Crippen LogP contribution in [-0.4, -0.2) is 65.8 Å². The minimum absolute atomic E-state index is 0. The van der Waals surface area contributed by atoms with Crippen molar-refractivity contribution in [3.05, 3.63) is 71.5 Å². The molecular weight excluding hydrogens is 675 g/mol. The van der Waals surface area contributed by atoms with Gasteiger partial charge in [0.2, 0.25) is 11.9 Å². The van der Waals surface area contributed by atoms with Crippen molar-refractivity contribution in [2.45, 2.75) is 89.1 Å². The number of pyridine rings is 2. The predicted molar refractivity (Wildman–Crippen MR) is 191 cm³/mol. The molecule has 5 N–H and O–H groups in total. The normalized spacial score (nSPS) is 20.1. The summed E-state index contributed by atoms with van der Waals surface area (Å²) in [7, 11) is 0. The highest BCUT2D eigenvalue weighted by molar-refractivity contribution is 6.33. The Balaban J connectivity index is 0.000000221. The number of alkyl carbamates (subject to hydrolysis) is 1. The van der Waals surface area contributed by atoms with Crippen LogP contribution in [-0.2, 0) is 4.74 Å². The van der Waals surface area contributed by atoms with E-state index in [9.17, 15) is 4.79 Å². The van der Waals surface area contributed by atoms with Gasteiger partial charge in [0.05, 0.1) is 33.8 Å². The topological polar surface area (TPSA) is 166 Å². The molecule has 4 heterocycles. The van der Waals surface area contributed by atoms with Gasteiger partial charge in [0.25, 0.3) is 0 Å². The van der Waals surface area contributed by atoms with Crippen molar-refractivity contribution in [2.75, 3.05) is 10.6 Å². The molecule has 0 aromatic carbocycles. The fourth-order valence-electron chi connectivity index (χ4n) is 5.51. The van der Waals surface area contributed by atoms with Crippen LogP contribution in [0.3, 0.4) is 0 Å². The van der Waals surface area contributed by atoms with Crippen molar-refractivity contribution >= 4 is 53.6 Å². The fourth-order valence-corrected chi connectivity index (χ4v) is 5.91. The number of hydrogen-bond acceptors (Lipinski definition) is 11. The molecule has 4 atom stereocenters. The smallest absolute Gasteiger partial charge is 0.407 e. The summed E-state index contributed by atoms with van der Waals surface area (Å²) in [4.78, 5) is 37.7. The van der Waals surface area contributed by atoms with Gasteiger partial charge in [-0.25, -0.2) is 24.7 Å². The van der Waals surface area contributed by atoms with E-state index in [0.29, 0.717) is 39.4 Å². The molecule has 1 amide bonds. The van der Waals surface area contributed by atoms with E-state index >= 15 is 0 Å². The largest absolute Gasteiger partial charge is 0.444 e. The Morgan fingerprint density at radius 2 is 1.29 bits per heavy atom. The van der Waals surface area contributed by atoms with Crippen molar-refractivity contribution in [1.29, 1.82) is 0 Å². The molecule has 2 aliphatic rings. The third-order valence-electron chi connectivity index (χ3n) is 7.65. The quantitative estimate of drug-likeness (QED) is 0.156. The van der Waals surface area contributed by atoms with E-state index in [0.717, 1.165) is 49.7 Å². The molecule has 256 valence electrons. The minimum atomic E-state index is -0.500. The Bertz CT molecular complexity index is 1630. The number of carbonyl (C=O) groups excluding carboxylic acids is 1. The van der Waals surface area contributed by atoms with Crippen LogP contribution < -0.4 is 21.7 Å². The summed E-state index contributed by atoms with van der Waals surface area (Å²) in [6.07, 6.45) is 15.3. The maximum atomic E-state index is 11.9. The number of rotatable bonds is 7. The van der Waals surface area contributed by atoms with E-state index in [1.54, 1.807) is 37.2 Å². The van der Waals surface area contributed by atoms with Crippen LogP contribution >= 0.6 is 35.6 Å². The minimum Gasteiger partial charge on any atom is -0.444 e. The number of nitrogens with two attached hydrogens (primary N) is 1. The molecule has 2 fully saturated rings. The molecule has 2 saturated carbocycles. The van der Waals surface area contributed by atoms with Crippen molar-refractivity contribution in [3.8, 4) is 22.5 Å². The molecule has 15 heteroatoms. The number of aromatic nitrogens is 6. The van der Waals surface area contributed by atoms with Crippen LogP contribution in [0.2, 0.25) is 10.0 Å². The van der Waals surface area contributed by atoms with Gasteiger partial charge < -0.3 is 26.4 Å². The predicted octanol–water partition coefficient (Wildman–Crippen LogP) is 6.96. The van der Waals surface area contributed by atoms with Gasteiger partial charge in [-0.2, -0.15) is 0 Å². The van der Waals surface area contributed by atoms with Crippen LogP contribution in [0.25, 0.3) is 22.5 Å². The summed E-state index contributed by atoms with van der Waals surface area (Å²) >= 11 is 12.4. The molecule has 0 spiro atoms. The van der Waals surface area contributed by atoms with Crippen LogP contribution in [0.15, 0.2) is 61.4 Å². The number of carbonyl (C=O) groups is 1. The first-order chi connectivity index (χ1) is 22.5. The number of halogens is 3. The average Bonchev–Trinajstić information content (AvgIpc) is 3.66. The lowest BCUT2D eigenvalue weighted by atomic mass is 10.2. The lowest BCUT2D eigenvalue weighted by molar-refractivity contribution is 0.0505. The number of nitrogens with one attached hydrogen (secondary N) is 3. The first-order valence-electron chi connectivity index (χ1n) is 15.7. The molecule has 12 nitrogen and oxygen atoms in total. The number of hydrogen-bond donors (Lipinski definition) is 4. The second-order valence-electron chi connectivity index (χ2n) is 12.7. The molecule has 0 bridgehead atoms. The Hall–Kier alpha value is -3.84. The zero-order chi connectivity index (χ0) is 33.4. The molecule has 4 aromatic heterocycles. The molecule has 48 heavy (non-hydrogen) atoms. The fraction of sp³-hybridized carbons (Fsp3) is 0.424. The van der Waals surface area contributed by atoms with E-state index in [-0.39, 0.29) is 36.6 Å². The first-order valence-corrected chi connectivity index (χ1v) is 16.4. The SMILES string of the molecule is CC(C)(C)OC(=O)N[C@@H]1CC[C@H](Nc2ncc(Cl)c(-c3cccnc3)n2)C1.Cl.N[C@@H]1CC[C@H](Nc2ncc(Cl)c(-c3cccnc3)n2)C1. The van der Waals surface area contributed by atoms with Crippen LogP contribution in [0, 0.1) is 0 Å². The van der Waals surface area contributed by atoms with E-state index in [2.05, 4.69) is 45.9 Å². The van der Waals surface area contributed by atoms with Crippen LogP contribution in [0.5, 0.6) is 0 Å². The number of anilines is 2. The van der Waals surface area contributed by atoms with Gasteiger partial charge in [-0.15, -0.1) is 12.4 Å². The van der Waals surface area contributed by atoms with Crippen molar-refractivity contribution in [2.24, 2.45) is 5.73 Å². The van der Waals surface area contributed by atoms with Gasteiger partial charge in [-0.3, -0.25) is 9.97 Å². The molecule has 0 aliphatic heterocycles. The Morgan fingerprint density at radius 1 is 0.792 bits per heavy atom.